The van der Waals surface area contributed by atoms with Gasteiger partial charge in [-0.05, 0) is 31.2 Å². The monoisotopic (exact) mass is 417 g/mol. The van der Waals surface area contributed by atoms with Gasteiger partial charge in [-0.25, -0.2) is 9.97 Å². The van der Waals surface area contributed by atoms with E-state index in [-0.39, 0.29) is 17.3 Å². The van der Waals surface area contributed by atoms with Crippen molar-refractivity contribution in [3.05, 3.63) is 76.2 Å². The van der Waals surface area contributed by atoms with E-state index in [0.717, 1.165) is 16.9 Å². The molecule has 0 aliphatic rings. The molecule has 0 bridgehead atoms. The summed E-state index contributed by atoms with van der Waals surface area (Å²) in [6, 6.07) is 11.3. The number of nitrogens with zero attached hydrogens (tertiary/aromatic N) is 4. The van der Waals surface area contributed by atoms with Crippen molar-refractivity contribution in [2.45, 2.75) is 26.8 Å². The molecule has 158 valence electrons. The largest absolute Gasteiger partial charge is 0.365 e. The van der Waals surface area contributed by atoms with Gasteiger partial charge in [0.15, 0.2) is 5.82 Å². The highest BCUT2D eigenvalue weighted by molar-refractivity contribution is 5.78. The average molecular weight is 417 g/mol. The first-order chi connectivity index (χ1) is 15.0. The van der Waals surface area contributed by atoms with Gasteiger partial charge < -0.3 is 15.6 Å². The highest BCUT2D eigenvalue weighted by atomic mass is 16.1. The number of rotatable bonds is 7. The zero-order chi connectivity index (χ0) is 21.8. The van der Waals surface area contributed by atoms with Gasteiger partial charge in [0.2, 0.25) is 5.91 Å². The molecule has 0 aliphatic heterocycles. The van der Waals surface area contributed by atoms with Crippen molar-refractivity contribution in [2.75, 3.05) is 11.9 Å². The first-order valence-corrected chi connectivity index (χ1v) is 9.97. The fourth-order valence-corrected chi connectivity index (χ4v) is 3.28. The van der Waals surface area contributed by atoms with E-state index in [1.165, 1.54) is 6.92 Å². The lowest BCUT2D eigenvalue weighted by Gasteiger charge is -2.10. The molecular weight excluding hydrogens is 394 g/mol. The Hall–Kier alpha value is -4.01. The van der Waals surface area contributed by atoms with E-state index in [0.29, 0.717) is 36.5 Å². The van der Waals surface area contributed by atoms with Gasteiger partial charge in [0, 0.05) is 49.7 Å². The van der Waals surface area contributed by atoms with Crippen molar-refractivity contribution >= 4 is 22.8 Å². The molecule has 0 aromatic carbocycles. The van der Waals surface area contributed by atoms with Crippen molar-refractivity contribution in [1.82, 2.24) is 29.8 Å². The molecule has 4 rings (SSSR count). The molecule has 4 aromatic rings. The number of amides is 1. The maximum absolute atomic E-state index is 13.1. The van der Waals surface area contributed by atoms with Crippen molar-refractivity contribution in [1.29, 1.82) is 0 Å². The third-order valence-corrected chi connectivity index (χ3v) is 4.82. The van der Waals surface area contributed by atoms with Gasteiger partial charge in [-0.1, -0.05) is 6.07 Å². The fourth-order valence-electron chi connectivity index (χ4n) is 3.28. The van der Waals surface area contributed by atoms with E-state index in [1.807, 2.05) is 43.3 Å². The highest BCUT2D eigenvalue weighted by Crippen LogP contribution is 2.17. The zero-order valence-corrected chi connectivity index (χ0v) is 17.3. The second-order valence-corrected chi connectivity index (χ2v) is 7.19. The summed E-state index contributed by atoms with van der Waals surface area (Å²) < 4.78 is 1.57. The molecule has 0 atom stereocenters. The maximum atomic E-state index is 13.1. The second-order valence-electron chi connectivity index (χ2n) is 7.19. The number of hydrogen-bond acceptors (Lipinski definition) is 6. The van der Waals surface area contributed by atoms with E-state index < -0.39 is 0 Å². The van der Waals surface area contributed by atoms with E-state index in [9.17, 15) is 9.59 Å². The third kappa shape index (κ3) is 4.61. The first kappa shape index (κ1) is 20.3. The van der Waals surface area contributed by atoms with Crippen LogP contribution in [0.4, 0.5) is 5.82 Å². The van der Waals surface area contributed by atoms with Gasteiger partial charge in [-0.2, -0.15) is 0 Å². The molecule has 0 saturated carbocycles. The molecule has 9 heteroatoms. The number of carbonyl (C=O) groups excluding carboxylic acids is 1. The lowest BCUT2D eigenvalue weighted by atomic mass is 10.3. The Morgan fingerprint density at radius 2 is 2.03 bits per heavy atom. The van der Waals surface area contributed by atoms with Crippen molar-refractivity contribution in [2.24, 2.45) is 0 Å². The van der Waals surface area contributed by atoms with E-state index in [1.54, 1.807) is 17.0 Å². The molecular formula is C22H23N7O2. The summed E-state index contributed by atoms with van der Waals surface area (Å²) in [5.41, 5.74) is 3.65. The molecule has 0 unspecified atom stereocenters. The van der Waals surface area contributed by atoms with Crippen LogP contribution in [-0.2, 0) is 17.8 Å². The van der Waals surface area contributed by atoms with Crippen LogP contribution >= 0.6 is 0 Å². The van der Waals surface area contributed by atoms with Crippen LogP contribution in [0, 0.1) is 6.92 Å². The molecule has 4 aromatic heterocycles. The van der Waals surface area contributed by atoms with E-state index in [4.69, 9.17) is 0 Å². The quantitative estimate of drug-likeness (QED) is 0.424. The Morgan fingerprint density at radius 1 is 1.16 bits per heavy atom. The van der Waals surface area contributed by atoms with Crippen LogP contribution < -0.4 is 16.2 Å². The summed E-state index contributed by atoms with van der Waals surface area (Å²) in [5, 5.41) is 5.85. The minimum Gasteiger partial charge on any atom is -0.365 e. The Labute approximate surface area is 178 Å². The summed E-state index contributed by atoms with van der Waals surface area (Å²) in [6.45, 7) is 4.19. The minimum absolute atomic E-state index is 0.112. The van der Waals surface area contributed by atoms with Crippen molar-refractivity contribution in [3.8, 4) is 5.82 Å². The minimum atomic E-state index is -0.244. The standard InChI is InChI=1S/C22H23N7O2/c1-14-12-26-21(24-10-8-16-5-3-4-9-23-16)22(31)29(14)20-11-19-18(28-20)7-6-17(27-19)13-25-15(2)30/h3-7,9,11-12,28H,8,10,13H2,1-2H3,(H,24,26)(H,25,30). The van der Waals surface area contributed by atoms with Crippen LogP contribution in [0.15, 0.2) is 53.6 Å². The van der Waals surface area contributed by atoms with Crippen molar-refractivity contribution in [3.63, 3.8) is 0 Å². The van der Waals surface area contributed by atoms with Crippen LogP contribution in [0.25, 0.3) is 16.9 Å². The van der Waals surface area contributed by atoms with Crippen LogP contribution in [0.5, 0.6) is 0 Å². The van der Waals surface area contributed by atoms with Gasteiger partial charge in [-0.3, -0.25) is 19.1 Å². The predicted octanol–water partition coefficient (Wildman–Crippen LogP) is 2.10. The number of aromatic nitrogens is 5. The Morgan fingerprint density at radius 3 is 2.81 bits per heavy atom. The van der Waals surface area contributed by atoms with E-state index >= 15 is 0 Å². The number of carbonyl (C=O) groups is 1. The molecule has 0 saturated heterocycles. The molecule has 4 heterocycles. The number of anilines is 1. The third-order valence-electron chi connectivity index (χ3n) is 4.82. The number of aromatic amines is 1. The number of pyridine rings is 2. The Balaban J connectivity index is 1.58. The fraction of sp³-hybridized carbons (Fsp3) is 0.227. The molecule has 31 heavy (non-hydrogen) atoms. The summed E-state index contributed by atoms with van der Waals surface area (Å²) in [6.07, 6.45) is 4.09. The van der Waals surface area contributed by atoms with Gasteiger partial charge >= 0.3 is 0 Å². The molecule has 0 radical (unpaired) electrons. The number of H-pyrrole nitrogens is 1. The number of aryl methyl sites for hydroxylation is 1. The molecule has 1 amide bonds. The molecule has 0 aliphatic carbocycles. The van der Waals surface area contributed by atoms with Crippen LogP contribution in [0.1, 0.15) is 24.0 Å². The average Bonchev–Trinajstić information content (AvgIpc) is 3.17. The summed E-state index contributed by atoms with van der Waals surface area (Å²) in [5.74, 6) is 0.773. The predicted molar refractivity (Wildman–Crippen MR) is 118 cm³/mol. The van der Waals surface area contributed by atoms with Gasteiger partial charge in [-0.15, -0.1) is 0 Å². The molecule has 0 spiro atoms. The second kappa shape index (κ2) is 8.78. The molecule has 9 nitrogen and oxygen atoms in total. The smallest absolute Gasteiger partial charge is 0.299 e. The molecule has 0 fully saturated rings. The van der Waals surface area contributed by atoms with Crippen molar-refractivity contribution < 1.29 is 4.79 Å². The zero-order valence-electron chi connectivity index (χ0n) is 17.3. The summed E-state index contributed by atoms with van der Waals surface area (Å²) in [7, 11) is 0. The topological polar surface area (TPSA) is 118 Å². The van der Waals surface area contributed by atoms with Crippen LogP contribution in [0.3, 0.4) is 0 Å². The molecule has 3 N–H and O–H groups in total. The normalized spacial score (nSPS) is 10.9. The Bertz CT molecular complexity index is 1280. The lowest BCUT2D eigenvalue weighted by Crippen LogP contribution is -2.26. The number of fused-ring (bicyclic) bond motifs is 1. The van der Waals surface area contributed by atoms with Gasteiger partial charge in [0.1, 0.15) is 5.82 Å². The van der Waals surface area contributed by atoms with Crippen LogP contribution in [0.2, 0.25) is 0 Å². The number of nitrogens with one attached hydrogen (secondary N) is 3. The lowest BCUT2D eigenvalue weighted by molar-refractivity contribution is -0.119. The van der Waals surface area contributed by atoms with E-state index in [2.05, 4.69) is 30.6 Å². The van der Waals surface area contributed by atoms with Gasteiger partial charge in [0.05, 0.1) is 23.3 Å². The number of hydrogen-bond donors (Lipinski definition) is 3. The highest BCUT2D eigenvalue weighted by Gasteiger charge is 2.13. The van der Waals surface area contributed by atoms with Gasteiger partial charge in [0.25, 0.3) is 5.56 Å². The maximum Gasteiger partial charge on any atom is 0.299 e. The van der Waals surface area contributed by atoms with Crippen LogP contribution in [-0.4, -0.2) is 37.0 Å². The SMILES string of the molecule is CC(=O)NCc1ccc2[nH]c(-n3c(C)cnc(NCCc4ccccn4)c3=O)cc2n1. The first-order valence-electron chi connectivity index (χ1n) is 9.97. The summed E-state index contributed by atoms with van der Waals surface area (Å²) in [4.78, 5) is 40.6. The Kier molecular flexibility index (Phi) is 5.74. The summed E-state index contributed by atoms with van der Waals surface area (Å²) >= 11 is 0.